The van der Waals surface area contributed by atoms with Gasteiger partial charge in [-0.3, -0.25) is 4.79 Å². The van der Waals surface area contributed by atoms with Gasteiger partial charge in [0, 0.05) is 25.8 Å². The number of nitrogens with two attached hydrogens (primary N) is 1. The second-order valence-electron chi connectivity index (χ2n) is 3.69. The van der Waals surface area contributed by atoms with Gasteiger partial charge < -0.3 is 15.7 Å². The summed E-state index contributed by atoms with van der Waals surface area (Å²) in [4.78, 5) is 12.4. The van der Waals surface area contributed by atoms with Crippen molar-refractivity contribution in [3.63, 3.8) is 0 Å². The number of carboxylic acid groups (broad SMARTS) is 1. The molecular weight excluding hydrogens is 228 g/mol. The number of hydrogen-bond acceptors (Lipinski definition) is 3. The normalized spacial score (nSPS) is 11.4. The summed E-state index contributed by atoms with van der Waals surface area (Å²) in [6, 6.07) is 7.15. The maximum Gasteiger partial charge on any atom is 0.305 e. The Balaban J connectivity index is 0.00000225. The van der Waals surface area contributed by atoms with Crippen LogP contribution >= 0.6 is 12.4 Å². The average molecular weight is 245 g/mol. The molecule has 0 aliphatic rings. The SMILES string of the molecule is CN(C)c1ccc(C(N)CC(=O)O)cc1.Cl. The molecule has 0 spiro atoms. The van der Waals surface area contributed by atoms with Gasteiger partial charge in [-0.2, -0.15) is 0 Å². The lowest BCUT2D eigenvalue weighted by atomic mass is 10.0. The van der Waals surface area contributed by atoms with Crippen LogP contribution in [0.4, 0.5) is 5.69 Å². The summed E-state index contributed by atoms with van der Waals surface area (Å²) < 4.78 is 0. The van der Waals surface area contributed by atoms with E-state index >= 15 is 0 Å². The Morgan fingerprint density at radius 3 is 2.25 bits per heavy atom. The third kappa shape index (κ3) is 4.08. The maximum atomic E-state index is 10.5. The van der Waals surface area contributed by atoms with Gasteiger partial charge in [0.1, 0.15) is 0 Å². The van der Waals surface area contributed by atoms with E-state index in [1.165, 1.54) is 0 Å². The monoisotopic (exact) mass is 244 g/mol. The van der Waals surface area contributed by atoms with Gasteiger partial charge in [0.05, 0.1) is 6.42 Å². The molecule has 0 radical (unpaired) electrons. The van der Waals surface area contributed by atoms with Gasteiger partial charge in [-0.1, -0.05) is 12.1 Å². The Kier molecular flexibility index (Phi) is 5.85. The summed E-state index contributed by atoms with van der Waals surface area (Å²) in [5.41, 5.74) is 7.65. The molecule has 1 atom stereocenters. The van der Waals surface area contributed by atoms with Crippen molar-refractivity contribution in [2.24, 2.45) is 5.73 Å². The zero-order valence-corrected chi connectivity index (χ0v) is 10.2. The highest BCUT2D eigenvalue weighted by Gasteiger charge is 2.10. The van der Waals surface area contributed by atoms with Crippen molar-refractivity contribution in [2.75, 3.05) is 19.0 Å². The summed E-state index contributed by atoms with van der Waals surface area (Å²) >= 11 is 0. The second kappa shape index (κ2) is 6.35. The van der Waals surface area contributed by atoms with Crippen LogP contribution in [-0.2, 0) is 4.79 Å². The van der Waals surface area contributed by atoms with Crippen LogP contribution in [0, 0.1) is 0 Å². The van der Waals surface area contributed by atoms with Crippen LogP contribution in [0.25, 0.3) is 0 Å². The number of rotatable bonds is 4. The summed E-state index contributed by atoms with van der Waals surface area (Å²) in [5, 5.41) is 8.60. The fourth-order valence-electron chi connectivity index (χ4n) is 1.33. The molecule has 0 saturated heterocycles. The highest BCUT2D eigenvalue weighted by atomic mass is 35.5. The molecule has 0 aliphatic heterocycles. The Bertz CT molecular complexity index is 338. The number of halogens is 1. The molecule has 90 valence electrons. The Labute approximate surface area is 101 Å². The quantitative estimate of drug-likeness (QED) is 0.845. The highest BCUT2D eigenvalue weighted by Crippen LogP contribution is 2.18. The van der Waals surface area contributed by atoms with Crippen molar-refractivity contribution in [3.05, 3.63) is 29.8 Å². The molecule has 1 rings (SSSR count). The minimum atomic E-state index is -0.876. The first kappa shape index (κ1) is 14.7. The van der Waals surface area contributed by atoms with Gasteiger partial charge in [-0.25, -0.2) is 0 Å². The molecule has 4 nitrogen and oxygen atoms in total. The molecule has 0 amide bonds. The standard InChI is InChI=1S/C11H16N2O2.ClH/c1-13(2)9-5-3-8(4-6-9)10(12)7-11(14)15;/h3-6,10H,7,12H2,1-2H3,(H,14,15);1H. The van der Waals surface area contributed by atoms with E-state index in [1.54, 1.807) is 0 Å². The minimum absolute atomic E-state index is 0. The molecule has 0 bridgehead atoms. The van der Waals surface area contributed by atoms with Gasteiger partial charge >= 0.3 is 5.97 Å². The Morgan fingerprint density at radius 2 is 1.88 bits per heavy atom. The zero-order chi connectivity index (χ0) is 11.4. The fourth-order valence-corrected chi connectivity index (χ4v) is 1.33. The first-order valence-electron chi connectivity index (χ1n) is 4.75. The molecule has 3 N–H and O–H groups in total. The van der Waals surface area contributed by atoms with Crippen LogP contribution in [-0.4, -0.2) is 25.2 Å². The molecule has 0 aromatic heterocycles. The van der Waals surface area contributed by atoms with Crippen molar-refractivity contribution in [2.45, 2.75) is 12.5 Å². The maximum absolute atomic E-state index is 10.5. The zero-order valence-electron chi connectivity index (χ0n) is 9.38. The Morgan fingerprint density at radius 1 is 1.38 bits per heavy atom. The number of benzene rings is 1. The molecule has 0 fully saturated rings. The molecule has 5 heteroatoms. The van der Waals surface area contributed by atoms with Crippen LogP contribution in [0.1, 0.15) is 18.0 Å². The number of anilines is 1. The van der Waals surface area contributed by atoms with Gasteiger partial charge in [-0.05, 0) is 17.7 Å². The summed E-state index contributed by atoms with van der Waals surface area (Å²) in [6.07, 6.45) is -0.0404. The summed E-state index contributed by atoms with van der Waals surface area (Å²) in [6.45, 7) is 0. The molecule has 0 heterocycles. The first-order valence-corrected chi connectivity index (χ1v) is 4.75. The van der Waals surface area contributed by atoms with Crippen molar-refractivity contribution < 1.29 is 9.90 Å². The molecule has 16 heavy (non-hydrogen) atoms. The van der Waals surface area contributed by atoms with E-state index in [1.807, 2.05) is 43.3 Å². The van der Waals surface area contributed by atoms with Gasteiger partial charge in [-0.15, -0.1) is 12.4 Å². The van der Waals surface area contributed by atoms with E-state index in [-0.39, 0.29) is 18.8 Å². The lowest BCUT2D eigenvalue weighted by Gasteiger charge is -2.14. The van der Waals surface area contributed by atoms with Crippen LogP contribution in [0.5, 0.6) is 0 Å². The van der Waals surface area contributed by atoms with Crippen molar-refractivity contribution in [3.8, 4) is 0 Å². The molecule has 1 aromatic rings. The minimum Gasteiger partial charge on any atom is -0.481 e. The molecule has 0 aliphatic carbocycles. The smallest absolute Gasteiger partial charge is 0.305 e. The number of aliphatic carboxylic acids is 1. The lowest BCUT2D eigenvalue weighted by molar-refractivity contribution is -0.137. The second-order valence-corrected chi connectivity index (χ2v) is 3.69. The molecule has 1 aromatic carbocycles. The number of carbonyl (C=O) groups is 1. The van der Waals surface area contributed by atoms with E-state index in [0.717, 1.165) is 11.3 Å². The number of hydrogen-bond donors (Lipinski definition) is 2. The summed E-state index contributed by atoms with van der Waals surface area (Å²) in [7, 11) is 3.90. The summed E-state index contributed by atoms with van der Waals surface area (Å²) in [5.74, 6) is -0.876. The van der Waals surface area contributed by atoms with Crippen molar-refractivity contribution >= 4 is 24.1 Å². The van der Waals surface area contributed by atoms with E-state index in [0.29, 0.717) is 0 Å². The fraction of sp³-hybridized carbons (Fsp3) is 0.364. The first-order chi connectivity index (χ1) is 7.00. The largest absolute Gasteiger partial charge is 0.481 e. The van der Waals surface area contributed by atoms with Gasteiger partial charge in [0.2, 0.25) is 0 Å². The van der Waals surface area contributed by atoms with Crippen LogP contribution in [0.2, 0.25) is 0 Å². The Hall–Kier alpha value is -1.26. The molecule has 1 unspecified atom stereocenters. The number of nitrogens with zero attached hydrogens (tertiary/aromatic N) is 1. The third-order valence-corrected chi connectivity index (χ3v) is 2.23. The van der Waals surface area contributed by atoms with Crippen molar-refractivity contribution in [1.29, 1.82) is 0 Å². The predicted molar refractivity (Wildman–Crippen MR) is 67.2 cm³/mol. The van der Waals surface area contributed by atoms with E-state index in [9.17, 15) is 4.79 Å². The van der Waals surface area contributed by atoms with Crippen LogP contribution < -0.4 is 10.6 Å². The van der Waals surface area contributed by atoms with E-state index < -0.39 is 12.0 Å². The van der Waals surface area contributed by atoms with Gasteiger partial charge in [0.15, 0.2) is 0 Å². The molecular formula is C11H17ClN2O2. The van der Waals surface area contributed by atoms with Gasteiger partial charge in [0.25, 0.3) is 0 Å². The topological polar surface area (TPSA) is 66.6 Å². The predicted octanol–water partition coefficient (Wildman–Crippen LogP) is 1.65. The lowest BCUT2D eigenvalue weighted by Crippen LogP contribution is -2.15. The van der Waals surface area contributed by atoms with E-state index in [2.05, 4.69) is 0 Å². The van der Waals surface area contributed by atoms with E-state index in [4.69, 9.17) is 10.8 Å². The highest BCUT2D eigenvalue weighted by molar-refractivity contribution is 5.85. The van der Waals surface area contributed by atoms with Crippen LogP contribution in [0.15, 0.2) is 24.3 Å². The van der Waals surface area contributed by atoms with Crippen LogP contribution in [0.3, 0.4) is 0 Å². The molecule has 0 saturated carbocycles. The third-order valence-electron chi connectivity index (χ3n) is 2.23. The number of carboxylic acids is 1. The average Bonchev–Trinajstić information content (AvgIpc) is 2.17. The van der Waals surface area contributed by atoms with Crippen molar-refractivity contribution in [1.82, 2.24) is 0 Å².